The number of rotatable bonds is 5. The zero-order valence-corrected chi connectivity index (χ0v) is 11.2. The Morgan fingerprint density at radius 2 is 2.11 bits per heavy atom. The first-order valence-electron chi connectivity index (χ1n) is 6.25. The van der Waals surface area contributed by atoms with Crippen LogP contribution in [0.25, 0.3) is 0 Å². The van der Waals surface area contributed by atoms with E-state index >= 15 is 0 Å². The molecule has 0 aromatic heterocycles. The van der Waals surface area contributed by atoms with Gasteiger partial charge in [0.2, 0.25) is 0 Å². The molecule has 18 heavy (non-hydrogen) atoms. The number of carboxylic acids is 1. The molecule has 2 atom stereocenters. The van der Waals surface area contributed by atoms with Crippen LogP contribution in [-0.4, -0.2) is 41.9 Å². The summed E-state index contributed by atoms with van der Waals surface area (Å²) in [5.41, 5.74) is -0.326. The molecule has 0 aromatic rings. The molecule has 3 N–H and O–H groups in total. The molecule has 1 aliphatic heterocycles. The smallest absolute Gasteiger partial charge is 0.326 e. The van der Waals surface area contributed by atoms with Gasteiger partial charge >= 0.3 is 12.0 Å². The van der Waals surface area contributed by atoms with Crippen molar-refractivity contribution < 1.29 is 19.4 Å². The van der Waals surface area contributed by atoms with Crippen LogP contribution in [0.3, 0.4) is 0 Å². The van der Waals surface area contributed by atoms with Gasteiger partial charge in [0, 0.05) is 13.2 Å². The Balaban J connectivity index is 2.38. The normalized spacial score (nSPS) is 24.9. The number of urea groups is 1. The van der Waals surface area contributed by atoms with Crippen LogP contribution in [0.4, 0.5) is 4.79 Å². The summed E-state index contributed by atoms with van der Waals surface area (Å²) in [6.45, 7) is 6.55. The van der Waals surface area contributed by atoms with Crippen LogP contribution in [-0.2, 0) is 9.53 Å². The van der Waals surface area contributed by atoms with Crippen molar-refractivity contribution in [1.82, 2.24) is 10.6 Å². The molecule has 1 rings (SSSR count). The molecule has 0 aromatic carbocycles. The van der Waals surface area contributed by atoms with E-state index < -0.39 is 18.0 Å². The van der Waals surface area contributed by atoms with E-state index in [0.29, 0.717) is 13.2 Å². The van der Waals surface area contributed by atoms with Crippen LogP contribution in [0, 0.1) is 5.92 Å². The van der Waals surface area contributed by atoms with Crippen molar-refractivity contribution in [2.45, 2.75) is 45.3 Å². The Morgan fingerprint density at radius 1 is 1.44 bits per heavy atom. The molecule has 0 saturated carbocycles. The van der Waals surface area contributed by atoms with Crippen LogP contribution in [0.15, 0.2) is 0 Å². The molecule has 6 heteroatoms. The van der Waals surface area contributed by atoms with E-state index in [4.69, 9.17) is 9.84 Å². The minimum Gasteiger partial charge on any atom is -0.480 e. The highest BCUT2D eigenvalue weighted by Gasteiger charge is 2.31. The van der Waals surface area contributed by atoms with Gasteiger partial charge in [-0.3, -0.25) is 0 Å². The van der Waals surface area contributed by atoms with E-state index in [1.807, 2.05) is 6.92 Å². The van der Waals surface area contributed by atoms with Crippen LogP contribution in [0.5, 0.6) is 0 Å². The highest BCUT2D eigenvalue weighted by atomic mass is 16.5. The lowest BCUT2D eigenvalue weighted by Crippen LogP contribution is -2.51. The maximum Gasteiger partial charge on any atom is 0.326 e. The monoisotopic (exact) mass is 258 g/mol. The molecule has 6 nitrogen and oxygen atoms in total. The second-order valence-corrected chi connectivity index (χ2v) is 5.29. The first-order valence-corrected chi connectivity index (χ1v) is 6.25. The number of hydrogen-bond acceptors (Lipinski definition) is 3. The number of ether oxygens (including phenoxy) is 1. The second kappa shape index (κ2) is 6.04. The Hall–Kier alpha value is -1.30. The topological polar surface area (TPSA) is 87.7 Å². The molecule has 2 unspecified atom stereocenters. The zero-order chi connectivity index (χ0) is 13.8. The molecule has 1 aliphatic rings. The summed E-state index contributed by atoms with van der Waals surface area (Å²) in [4.78, 5) is 22.6. The number of carboxylic acid groups (broad SMARTS) is 1. The number of amides is 2. The number of carbonyl (C=O) groups excluding carboxylic acids is 1. The van der Waals surface area contributed by atoms with Crippen LogP contribution < -0.4 is 10.6 Å². The van der Waals surface area contributed by atoms with Crippen LogP contribution in [0.2, 0.25) is 0 Å². The molecule has 2 amide bonds. The van der Waals surface area contributed by atoms with Gasteiger partial charge in [-0.1, -0.05) is 13.8 Å². The highest BCUT2D eigenvalue weighted by molar-refractivity contribution is 5.82. The summed E-state index contributed by atoms with van der Waals surface area (Å²) in [7, 11) is 0. The summed E-state index contributed by atoms with van der Waals surface area (Å²) in [5.74, 6) is -1.19. The third-order valence-corrected chi connectivity index (χ3v) is 3.14. The molecule has 0 radical (unpaired) electrons. The fourth-order valence-electron chi connectivity index (χ4n) is 1.95. The highest BCUT2D eigenvalue weighted by Crippen LogP contribution is 2.23. The van der Waals surface area contributed by atoms with Crippen molar-refractivity contribution in [3.8, 4) is 0 Å². The third-order valence-electron chi connectivity index (χ3n) is 3.14. The summed E-state index contributed by atoms with van der Waals surface area (Å²) in [6, 6.07) is -1.34. The van der Waals surface area contributed by atoms with E-state index in [2.05, 4.69) is 10.6 Å². The van der Waals surface area contributed by atoms with E-state index in [-0.39, 0.29) is 11.5 Å². The summed E-state index contributed by atoms with van der Waals surface area (Å²) in [5, 5.41) is 14.1. The van der Waals surface area contributed by atoms with Crippen LogP contribution >= 0.6 is 0 Å². The predicted molar refractivity (Wildman–Crippen MR) is 66.4 cm³/mol. The third kappa shape index (κ3) is 4.18. The van der Waals surface area contributed by atoms with Crippen molar-refractivity contribution in [2.24, 2.45) is 5.92 Å². The van der Waals surface area contributed by atoms with Crippen LogP contribution in [0.1, 0.15) is 33.6 Å². The van der Waals surface area contributed by atoms with E-state index in [1.165, 1.54) is 0 Å². The van der Waals surface area contributed by atoms with Crippen molar-refractivity contribution in [3.63, 3.8) is 0 Å². The largest absolute Gasteiger partial charge is 0.480 e. The number of hydrogen-bond donors (Lipinski definition) is 3. The van der Waals surface area contributed by atoms with Gasteiger partial charge in [0.25, 0.3) is 0 Å². The fraction of sp³-hybridized carbons (Fsp3) is 0.833. The molecule has 104 valence electrons. The number of nitrogens with one attached hydrogen (secondary N) is 2. The lowest BCUT2D eigenvalue weighted by atomic mass is 10.0. The summed E-state index contributed by atoms with van der Waals surface area (Å²) < 4.78 is 5.53. The Bertz CT molecular complexity index is 311. The first kappa shape index (κ1) is 14.8. The van der Waals surface area contributed by atoms with E-state index in [0.717, 1.165) is 12.8 Å². The molecule has 1 fully saturated rings. The van der Waals surface area contributed by atoms with Gasteiger partial charge in [0.15, 0.2) is 0 Å². The minimum absolute atomic E-state index is 0.161. The molecular formula is C12H22N2O4. The van der Waals surface area contributed by atoms with Crippen molar-refractivity contribution >= 4 is 12.0 Å². The van der Waals surface area contributed by atoms with Gasteiger partial charge in [-0.05, 0) is 25.7 Å². The Kier molecular flexibility index (Phi) is 4.95. The van der Waals surface area contributed by atoms with Gasteiger partial charge in [-0.2, -0.15) is 0 Å². The molecule has 1 saturated heterocycles. The van der Waals surface area contributed by atoms with Gasteiger partial charge < -0.3 is 20.5 Å². The number of aliphatic carboxylic acids is 1. The molecule has 0 aliphatic carbocycles. The van der Waals surface area contributed by atoms with Crippen molar-refractivity contribution in [1.29, 1.82) is 0 Å². The second-order valence-electron chi connectivity index (χ2n) is 5.29. The molecule has 0 spiro atoms. The SMILES string of the molecule is CC(C)C(NC(=O)NCC1(C)CCCO1)C(=O)O. The van der Waals surface area contributed by atoms with E-state index in [1.54, 1.807) is 13.8 Å². The Morgan fingerprint density at radius 3 is 2.56 bits per heavy atom. The standard InChI is InChI=1S/C12H22N2O4/c1-8(2)9(10(15)16)14-11(17)13-7-12(3)5-4-6-18-12/h8-9H,4-7H2,1-3H3,(H,15,16)(H2,13,14,17). The van der Waals surface area contributed by atoms with Crippen molar-refractivity contribution in [2.75, 3.05) is 13.2 Å². The van der Waals surface area contributed by atoms with Gasteiger partial charge in [0.05, 0.1) is 5.60 Å². The first-order chi connectivity index (χ1) is 8.34. The lowest BCUT2D eigenvalue weighted by molar-refractivity contribution is -0.140. The molecule has 1 heterocycles. The fourth-order valence-corrected chi connectivity index (χ4v) is 1.95. The zero-order valence-electron chi connectivity index (χ0n) is 11.2. The number of carbonyl (C=O) groups is 2. The lowest BCUT2D eigenvalue weighted by Gasteiger charge is -2.24. The van der Waals surface area contributed by atoms with Gasteiger partial charge in [-0.25, -0.2) is 9.59 Å². The van der Waals surface area contributed by atoms with E-state index in [9.17, 15) is 9.59 Å². The maximum absolute atomic E-state index is 11.6. The predicted octanol–water partition coefficient (Wildman–Crippen LogP) is 0.964. The quantitative estimate of drug-likeness (QED) is 0.685. The minimum atomic E-state index is -1.02. The van der Waals surface area contributed by atoms with Gasteiger partial charge in [-0.15, -0.1) is 0 Å². The average molecular weight is 258 g/mol. The average Bonchev–Trinajstić information content (AvgIpc) is 2.70. The Labute approximate surface area is 107 Å². The van der Waals surface area contributed by atoms with Gasteiger partial charge in [0.1, 0.15) is 6.04 Å². The maximum atomic E-state index is 11.6. The molecule has 0 bridgehead atoms. The molecular weight excluding hydrogens is 236 g/mol. The summed E-state index contributed by atoms with van der Waals surface area (Å²) >= 11 is 0. The van der Waals surface area contributed by atoms with Crippen molar-refractivity contribution in [3.05, 3.63) is 0 Å². The summed E-state index contributed by atoms with van der Waals surface area (Å²) in [6.07, 6.45) is 1.89.